The molecule has 0 unspecified atom stereocenters. The minimum absolute atomic E-state index is 0.369. The van der Waals surface area contributed by atoms with Crippen molar-refractivity contribution >= 4 is 11.5 Å². The van der Waals surface area contributed by atoms with Gasteiger partial charge in [-0.1, -0.05) is 12.8 Å². The average Bonchev–Trinajstić information content (AvgIpc) is 3.31. The van der Waals surface area contributed by atoms with Gasteiger partial charge in [0.1, 0.15) is 5.82 Å². The van der Waals surface area contributed by atoms with Gasteiger partial charge in [0.05, 0.1) is 17.3 Å². The minimum Gasteiger partial charge on any atom is -0.370 e. The summed E-state index contributed by atoms with van der Waals surface area (Å²) in [7, 11) is 1.97. The molecular formula is C27H33N7. The van der Waals surface area contributed by atoms with E-state index in [4.69, 9.17) is 5.26 Å². The zero-order valence-corrected chi connectivity index (χ0v) is 19.8. The average molecular weight is 456 g/mol. The van der Waals surface area contributed by atoms with E-state index < -0.39 is 0 Å². The van der Waals surface area contributed by atoms with Gasteiger partial charge in [0.25, 0.3) is 0 Å². The lowest BCUT2D eigenvalue weighted by atomic mass is 9.89. The summed E-state index contributed by atoms with van der Waals surface area (Å²) in [5.74, 6) is 0.931. The van der Waals surface area contributed by atoms with E-state index in [2.05, 4.69) is 49.9 Å². The monoisotopic (exact) mass is 455 g/mol. The second kappa shape index (κ2) is 10.3. The molecule has 176 valence electrons. The Balaban J connectivity index is 1.24. The maximum Gasteiger partial charge on any atom is 0.126 e. The van der Waals surface area contributed by atoms with Crippen LogP contribution in [-0.2, 0) is 7.05 Å². The van der Waals surface area contributed by atoms with Crippen LogP contribution in [0.5, 0.6) is 0 Å². The Bertz CT molecular complexity index is 1130. The number of piperidine rings is 1. The summed E-state index contributed by atoms with van der Waals surface area (Å²) in [6.45, 7) is 2.07. The first-order valence-corrected chi connectivity index (χ1v) is 12.4. The number of benzene rings is 1. The minimum atomic E-state index is 0.369. The molecular weight excluding hydrogens is 422 g/mol. The SMILES string of the molecule is Cn1nccc1-c1ccnc(N[C@@H]2CCCC[C@H]2N[C@H]2CCCN(c3ccc(C#N)cc3)C2)c1. The Kier molecular flexibility index (Phi) is 6.77. The number of anilines is 2. The van der Waals surface area contributed by atoms with Gasteiger partial charge in [-0.2, -0.15) is 10.4 Å². The van der Waals surface area contributed by atoms with Crippen LogP contribution in [0.4, 0.5) is 11.5 Å². The Morgan fingerprint density at radius 3 is 2.56 bits per heavy atom. The molecule has 5 rings (SSSR count). The molecule has 0 radical (unpaired) electrons. The fourth-order valence-electron chi connectivity index (χ4n) is 5.42. The lowest BCUT2D eigenvalue weighted by Crippen LogP contribution is -2.54. The lowest BCUT2D eigenvalue weighted by molar-refractivity contribution is 0.293. The molecule has 1 aliphatic carbocycles. The van der Waals surface area contributed by atoms with Gasteiger partial charge in [0.15, 0.2) is 0 Å². The van der Waals surface area contributed by atoms with Crippen molar-refractivity contribution in [2.75, 3.05) is 23.3 Å². The van der Waals surface area contributed by atoms with Crippen molar-refractivity contribution in [2.45, 2.75) is 56.7 Å². The van der Waals surface area contributed by atoms with Crippen molar-refractivity contribution < 1.29 is 0 Å². The molecule has 3 heterocycles. The summed E-state index contributed by atoms with van der Waals surface area (Å²) in [4.78, 5) is 7.07. The Hall–Kier alpha value is -3.37. The standard InChI is InChI=1S/C27H33N7/c1-33-26(13-15-30-33)21-12-14-29-27(17-21)32-25-7-3-2-6-24(25)31-22-5-4-16-34(19-22)23-10-8-20(18-28)9-11-23/h8-15,17,22,24-25,31H,2-7,16,19H2,1H3,(H,29,32)/t22-,24+,25+/m0/s1. The number of nitrogens with one attached hydrogen (secondary N) is 2. The first-order valence-electron chi connectivity index (χ1n) is 12.4. The second-order valence-corrected chi connectivity index (χ2v) is 9.52. The molecule has 3 aromatic rings. The molecule has 1 aliphatic heterocycles. The third-order valence-corrected chi connectivity index (χ3v) is 7.21. The van der Waals surface area contributed by atoms with Crippen LogP contribution in [0.1, 0.15) is 44.1 Å². The Labute approximate surface area is 201 Å². The van der Waals surface area contributed by atoms with E-state index in [9.17, 15) is 0 Å². The van der Waals surface area contributed by atoms with Crippen molar-refractivity contribution in [3.63, 3.8) is 0 Å². The van der Waals surface area contributed by atoms with Crippen LogP contribution in [0.2, 0.25) is 0 Å². The molecule has 3 atom stereocenters. The number of hydrogen-bond donors (Lipinski definition) is 2. The van der Waals surface area contributed by atoms with Gasteiger partial charge < -0.3 is 15.5 Å². The van der Waals surface area contributed by atoms with E-state index in [1.54, 1.807) is 0 Å². The topological polar surface area (TPSA) is 81.8 Å². The molecule has 0 spiro atoms. The van der Waals surface area contributed by atoms with Crippen molar-refractivity contribution in [1.29, 1.82) is 5.26 Å². The smallest absolute Gasteiger partial charge is 0.126 e. The van der Waals surface area contributed by atoms with Crippen LogP contribution in [0, 0.1) is 11.3 Å². The molecule has 0 bridgehead atoms. The van der Waals surface area contributed by atoms with Crippen LogP contribution < -0.4 is 15.5 Å². The zero-order chi connectivity index (χ0) is 23.3. The molecule has 1 saturated carbocycles. The van der Waals surface area contributed by atoms with Gasteiger partial charge >= 0.3 is 0 Å². The number of nitriles is 1. The highest BCUT2D eigenvalue weighted by molar-refractivity contribution is 5.63. The number of nitrogens with zero attached hydrogens (tertiary/aromatic N) is 5. The maximum atomic E-state index is 9.08. The number of hydrogen-bond acceptors (Lipinski definition) is 6. The van der Waals surface area contributed by atoms with Gasteiger partial charge in [0.2, 0.25) is 0 Å². The summed E-state index contributed by atoms with van der Waals surface area (Å²) >= 11 is 0. The van der Waals surface area contributed by atoms with Gasteiger partial charge in [-0.15, -0.1) is 0 Å². The molecule has 0 amide bonds. The van der Waals surface area contributed by atoms with E-state index in [1.807, 2.05) is 48.4 Å². The summed E-state index contributed by atoms with van der Waals surface area (Å²) in [6, 6.07) is 17.7. The highest BCUT2D eigenvalue weighted by Gasteiger charge is 2.29. The second-order valence-electron chi connectivity index (χ2n) is 9.52. The maximum absolute atomic E-state index is 9.08. The molecule has 2 N–H and O–H groups in total. The third-order valence-electron chi connectivity index (χ3n) is 7.21. The predicted molar refractivity (Wildman–Crippen MR) is 136 cm³/mol. The highest BCUT2D eigenvalue weighted by atomic mass is 15.3. The molecule has 34 heavy (non-hydrogen) atoms. The van der Waals surface area contributed by atoms with Crippen molar-refractivity contribution in [3.05, 3.63) is 60.4 Å². The van der Waals surface area contributed by atoms with Crippen LogP contribution >= 0.6 is 0 Å². The predicted octanol–water partition coefficient (Wildman–Crippen LogP) is 4.34. The summed E-state index contributed by atoms with van der Waals surface area (Å²) < 4.78 is 1.90. The molecule has 2 aliphatic rings. The van der Waals surface area contributed by atoms with Crippen molar-refractivity contribution in [1.82, 2.24) is 20.1 Å². The summed E-state index contributed by atoms with van der Waals surface area (Å²) in [6.07, 6.45) is 10.9. The largest absolute Gasteiger partial charge is 0.370 e. The third kappa shape index (κ3) is 5.07. The molecule has 7 nitrogen and oxygen atoms in total. The highest BCUT2D eigenvalue weighted by Crippen LogP contribution is 2.27. The normalized spacial score (nSPS) is 22.8. The number of pyridine rings is 1. The fraction of sp³-hybridized carbons (Fsp3) is 0.444. The van der Waals surface area contributed by atoms with E-state index in [0.717, 1.165) is 36.6 Å². The van der Waals surface area contributed by atoms with E-state index in [1.165, 1.54) is 37.8 Å². The first kappa shape index (κ1) is 22.4. The molecule has 1 aromatic carbocycles. The van der Waals surface area contributed by atoms with Crippen molar-refractivity contribution in [2.24, 2.45) is 7.05 Å². The zero-order valence-electron chi connectivity index (χ0n) is 19.8. The molecule has 7 heteroatoms. The van der Waals surface area contributed by atoms with Crippen molar-refractivity contribution in [3.8, 4) is 17.3 Å². The van der Waals surface area contributed by atoms with Gasteiger partial charge in [-0.3, -0.25) is 4.68 Å². The first-order chi connectivity index (χ1) is 16.7. The number of aromatic nitrogens is 3. The van der Waals surface area contributed by atoms with Gasteiger partial charge in [-0.05, 0) is 68.1 Å². The Morgan fingerprint density at radius 2 is 1.79 bits per heavy atom. The van der Waals surface area contributed by atoms with E-state index in [0.29, 0.717) is 23.7 Å². The molecule has 2 aromatic heterocycles. The lowest BCUT2D eigenvalue weighted by Gasteiger charge is -2.40. The number of rotatable bonds is 6. The molecule has 1 saturated heterocycles. The van der Waals surface area contributed by atoms with E-state index >= 15 is 0 Å². The van der Waals surface area contributed by atoms with Gasteiger partial charge in [0, 0.05) is 61.9 Å². The Morgan fingerprint density at radius 1 is 0.971 bits per heavy atom. The quantitative estimate of drug-likeness (QED) is 0.576. The van der Waals surface area contributed by atoms with E-state index in [-0.39, 0.29) is 0 Å². The van der Waals surface area contributed by atoms with Crippen LogP contribution in [-0.4, -0.2) is 46.0 Å². The molecule has 2 fully saturated rings. The van der Waals surface area contributed by atoms with Crippen LogP contribution in [0.25, 0.3) is 11.3 Å². The van der Waals surface area contributed by atoms with Crippen LogP contribution in [0.3, 0.4) is 0 Å². The van der Waals surface area contributed by atoms with Crippen LogP contribution in [0.15, 0.2) is 54.9 Å². The van der Waals surface area contributed by atoms with Gasteiger partial charge in [-0.25, -0.2) is 4.98 Å². The fourth-order valence-corrected chi connectivity index (χ4v) is 5.42. The summed E-state index contributed by atoms with van der Waals surface area (Å²) in [5, 5.41) is 21.1. The number of aryl methyl sites for hydroxylation is 1. The summed E-state index contributed by atoms with van der Waals surface area (Å²) in [5.41, 5.74) is 4.14.